The molecule has 0 radical (unpaired) electrons. The van der Waals surface area contributed by atoms with Crippen molar-refractivity contribution in [3.8, 4) is 0 Å². The normalized spacial score (nSPS) is 18.4. The van der Waals surface area contributed by atoms with Crippen molar-refractivity contribution >= 4 is 11.9 Å². The summed E-state index contributed by atoms with van der Waals surface area (Å²) in [6.07, 6.45) is 23.4. The molecule has 0 amide bonds. The van der Waals surface area contributed by atoms with Crippen molar-refractivity contribution in [1.29, 1.82) is 0 Å². The minimum Gasteiger partial charge on any atom is -0.465 e. The molecule has 0 aromatic rings. The monoisotopic (exact) mass is 452 g/mol. The highest BCUT2D eigenvalue weighted by Crippen LogP contribution is 2.32. The Morgan fingerprint density at radius 2 is 0.844 bits per heavy atom. The molecule has 4 nitrogen and oxygen atoms in total. The van der Waals surface area contributed by atoms with Crippen LogP contribution >= 0.6 is 0 Å². The number of rotatable bonds is 20. The second kappa shape index (κ2) is 20.5. The second-order valence-corrected chi connectivity index (χ2v) is 9.78. The quantitative estimate of drug-likeness (QED) is 0.138. The molecule has 4 heteroatoms. The zero-order valence-corrected chi connectivity index (χ0v) is 21.3. The van der Waals surface area contributed by atoms with E-state index in [0.717, 1.165) is 51.4 Å². The molecule has 2 atom stereocenters. The van der Waals surface area contributed by atoms with Gasteiger partial charge >= 0.3 is 11.9 Å². The molecular weight excluding hydrogens is 400 g/mol. The third-order valence-corrected chi connectivity index (χ3v) is 6.86. The summed E-state index contributed by atoms with van der Waals surface area (Å²) in [5, 5.41) is 0. The Balaban J connectivity index is 2.08. The average Bonchev–Trinajstić information content (AvgIpc) is 2.81. The van der Waals surface area contributed by atoms with E-state index in [1.54, 1.807) is 0 Å². The van der Waals surface area contributed by atoms with Gasteiger partial charge < -0.3 is 9.47 Å². The van der Waals surface area contributed by atoms with Gasteiger partial charge in [0.05, 0.1) is 25.0 Å². The number of ether oxygens (including phenoxy) is 2. The van der Waals surface area contributed by atoms with Gasteiger partial charge in [0.15, 0.2) is 0 Å². The molecule has 1 fully saturated rings. The third-order valence-electron chi connectivity index (χ3n) is 6.86. The van der Waals surface area contributed by atoms with Crippen molar-refractivity contribution in [1.82, 2.24) is 0 Å². The van der Waals surface area contributed by atoms with Crippen LogP contribution in [-0.4, -0.2) is 25.2 Å². The van der Waals surface area contributed by atoms with E-state index < -0.39 is 0 Å². The highest BCUT2D eigenvalue weighted by Gasteiger charge is 2.37. The van der Waals surface area contributed by atoms with Crippen molar-refractivity contribution in [3.05, 3.63) is 0 Å². The summed E-state index contributed by atoms with van der Waals surface area (Å²) in [5.41, 5.74) is 0. The Hall–Kier alpha value is -1.06. The van der Waals surface area contributed by atoms with E-state index in [-0.39, 0.29) is 23.8 Å². The number of carbonyl (C=O) groups excluding carboxylic acids is 2. The van der Waals surface area contributed by atoms with Gasteiger partial charge in [-0.05, 0) is 25.7 Å². The van der Waals surface area contributed by atoms with Gasteiger partial charge in [-0.3, -0.25) is 9.59 Å². The van der Waals surface area contributed by atoms with Gasteiger partial charge in [-0.2, -0.15) is 0 Å². The summed E-state index contributed by atoms with van der Waals surface area (Å²) in [4.78, 5) is 25.1. The van der Waals surface area contributed by atoms with Crippen LogP contribution < -0.4 is 0 Å². The van der Waals surface area contributed by atoms with E-state index in [9.17, 15) is 9.59 Å². The maximum absolute atomic E-state index is 12.6. The molecule has 32 heavy (non-hydrogen) atoms. The highest BCUT2D eigenvalue weighted by molar-refractivity contribution is 5.82. The topological polar surface area (TPSA) is 52.6 Å². The van der Waals surface area contributed by atoms with E-state index in [4.69, 9.17) is 9.47 Å². The first-order chi connectivity index (χ1) is 15.7. The second-order valence-electron chi connectivity index (χ2n) is 9.78. The average molecular weight is 453 g/mol. The molecule has 0 saturated heterocycles. The van der Waals surface area contributed by atoms with Gasteiger partial charge in [0, 0.05) is 0 Å². The first kappa shape index (κ1) is 29.0. The lowest BCUT2D eigenvalue weighted by atomic mass is 9.79. The maximum atomic E-state index is 12.6. The first-order valence-corrected chi connectivity index (χ1v) is 14.0. The van der Waals surface area contributed by atoms with E-state index >= 15 is 0 Å². The van der Waals surface area contributed by atoms with Gasteiger partial charge in [0.1, 0.15) is 0 Å². The first-order valence-electron chi connectivity index (χ1n) is 14.0. The molecule has 2 unspecified atom stereocenters. The molecule has 1 aliphatic carbocycles. The molecular formula is C28H52O4. The maximum Gasteiger partial charge on any atom is 0.309 e. The lowest BCUT2D eigenvalue weighted by molar-refractivity contribution is -0.163. The van der Waals surface area contributed by atoms with Gasteiger partial charge in [-0.25, -0.2) is 0 Å². The largest absolute Gasteiger partial charge is 0.465 e. The fourth-order valence-corrected chi connectivity index (χ4v) is 4.73. The molecule has 0 bridgehead atoms. The molecule has 0 aromatic heterocycles. The Kier molecular flexibility index (Phi) is 18.6. The summed E-state index contributed by atoms with van der Waals surface area (Å²) in [7, 11) is 0. The van der Waals surface area contributed by atoms with Crippen molar-refractivity contribution in [2.45, 2.75) is 142 Å². The van der Waals surface area contributed by atoms with Crippen LogP contribution in [0.1, 0.15) is 142 Å². The van der Waals surface area contributed by atoms with Crippen LogP contribution in [-0.2, 0) is 19.1 Å². The van der Waals surface area contributed by atoms with Crippen LogP contribution in [0.3, 0.4) is 0 Å². The molecule has 0 aliphatic heterocycles. The Morgan fingerprint density at radius 3 is 1.22 bits per heavy atom. The zero-order chi connectivity index (χ0) is 23.3. The molecule has 188 valence electrons. The van der Waals surface area contributed by atoms with Crippen molar-refractivity contribution in [2.24, 2.45) is 11.8 Å². The predicted octanol–water partition coefficient (Wildman–Crippen LogP) is 8.16. The fourth-order valence-electron chi connectivity index (χ4n) is 4.73. The van der Waals surface area contributed by atoms with Crippen LogP contribution in [0.25, 0.3) is 0 Å². The molecule has 1 aliphatic rings. The summed E-state index contributed by atoms with van der Waals surface area (Å²) >= 11 is 0. The van der Waals surface area contributed by atoms with Crippen LogP contribution in [0, 0.1) is 11.8 Å². The van der Waals surface area contributed by atoms with Crippen molar-refractivity contribution < 1.29 is 19.1 Å². The molecule has 0 spiro atoms. The smallest absolute Gasteiger partial charge is 0.309 e. The number of hydrogen-bond donors (Lipinski definition) is 0. The fraction of sp³-hybridized carbons (Fsp3) is 0.929. The third kappa shape index (κ3) is 14.2. The van der Waals surface area contributed by atoms with Crippen LogP contribution in [0.4, 0.5) is 0 Å². The van der Waals surface area contributed by atoms with E-state index in [2.05, 4.69) is 13.8 Å². The number of hydrogen-bond acceptors (Lipinski definition) is 4. The minimum absolute atomic E-state index is 0.180. The Labute approximate surface area is 198 Å². The van der Waals surface area contributed by atoms with Crippen LogP contribution in [0.15, 0.2) is 0 Å². The molecule has 1 saturated carbocycles. The molecule has 1 rings (SSSR count). The van der Waals surface area contributed by atoms with Gasteiger partial charge in [-0.15, -0.1) is 0 Å². The minimum atomic E-state index is -0.302. The predicted molar refractivity (Wildman–Crippen MR) is 133 cm³/mol. The zero-order valence-electron chi connectivity index (χ0n) is 21.3. The summed E-state index contributed by atoms with van der Waals surface area (Å²) < 4.78 is 11.0. The molecule has 0 N–H and O–H groups in total. The van der Waals surface area contributed by atoms with Gasteiger partial charge in [-0.1, -0.05) is 117 Å². The SMILES string of the molecule is CCCCCCCCCCCCCCOC(=O)C1CCCCC1C(=O)OCCCCCC. The van der Waals surface area contributed by atoms with Gasteiger partial charge in [0.25, 0.3) is 0 Å². The lowest BCUT2D eigenvalue weighted by Crippen LogP contribution is -2.35. The van der Waals surface area contributed by atoms with Crippen LogP contribution in [0.5, 0.6) is 0 Å². The summed E-state index contributed by atoms with van der Waals surface area (Å²) in [6.45, 7) is 5.41. The Morgan fingerprint density at radius 1 is 0.531 bits per heavy atom. The number of carbonyl (C=O) groups is 2. The molecule has 0 heterocycles. The lowest BCUT2D eigenvalue weighted by Gasteiger charge is -2.28. The number of esters is 2. The highest BCUT2D eigenvalue weighted by atomic mass is 16.5. The van der Waals surface area contributed by atoms with E-state index in [1.807, 2.05) is 0 Å². The summed E-state index contributed by atoms with van der Waals surface area (Å²) in [5.74, 6) is -0.970. The van der Waals surface area contributed by atoms with E-state index in [1.165, 1.54) is 77.0 Å². The van der Waals surface area contributed by atoms with Crippen LogP contribution in [0.2, 0.25) is 0 Å². The van der Waals surface area contributed by atoms with Crippen molar-refractivity contribution in [3.63, 3.8) is 0 Å². The van der Waals surface area contributed by atoms with Gasteiger partial charge in [0.2, 0.25) is 0 Å². The molecule has 0 aromatic carbocycles. The summed E-state index contributed by atoms with van der Waals surface area (Å²) in [6, 6.07) is 0. The standard InChI is InChI=1S/C28H52O4/c1-3-5-7-9-10-11-12-13-14-15-16-20-24-32-28(30)26-22-18-17-21-25(26)27(29)31-23-19-8-6-4-2/h25-26H,3-24H2,1-2H3. The van der Waals surface area contributed by atoms with E-state index in [0.29, 0.717) is 13.2 Å². The number of unbranched alkanes of at least 4 members (excludes halogenated alkanes) is 14. The Bertz CT molecular complexity index is 462. The van der Waals surface area contributed by atoms with Crippen molar-refractivity contribution in [2.75, 3.05) is 13.2 Å².